The molecule has 0 bridgehead atoms. The van der Waals surface area contributed by atoms with E-state index in [1.165, 1.54) is 29.1 Å². The molecule has 0 atom stereocenters. The van der Waals surface area contributed by atoms with Gasteiger partial charge in [0.2, 0.25) is 5.69 Å². The highest BCUT2D eigenvalue weighted by Gasteiger charge is 2.25. The number of aromatic carboxylic acids is 1. The number of carbonyl (C=O) groups is 1. The quantitative estimate of drug-likeness (QED) is 0.671. The molecule has 0 spiro atoms. The Kier molecular flexibility index (Phi) is 3.45. The minimum absolute atomic E-state index is 0.0471. The topological polar surface area (TPSA) is 114 Å². The second-order valence-corrected chi connectivity index (χ2v) is 4.93. The first kappa shape index (κ1) is 14.0. The number of benzene rings is 1. The van der Waals surface area contributed by atoms with Crippen LogP contribution in [0.4, 0.5) is 11.5 Å². The first-order valence-electron chi connectivity index (χ1n) is 6.76. The predicted molar refractivity (Wildman–Crippen MR) is 76.4 cm³/mol. The lowest BCUT2D eigenvalue weighted by molar-refractivity contribution is -0.384. The monoisotopic (exact) mass is 303 g/mol. The maximum Gasteiger partial charge on any atom is 0.360 e. The van der Waals surface area contributed by atoms with Crippen LogP contribution in [0.3, 0.4) is 0 Å². The lowest BCUT2D eigenvalue weighted by Gasteiger charge is -2.13. The number of hydrogen-bond acceptors (Lipinski definition) is 6. The average Bonchev–Trinajstić information content (AvgIpc) is 3.16. The molecule has 0 radical (unpaired) electrons. The number of nitrogens with zero attached hydrogens (tertiary/aromatic N) is 5. The van der Waals surface area contributed by atoms with Crippen molar-refractivity contribution in [1.29, 1.82) is 0 Å². The van der Waals surface area contributed by atoms with Crippen molar-refractivity contribution in [2.45, 2.75) is 12.8 Å². The molecule has 22 heavy (non-hydrogen) atoms. The average molecular weight is 303 g/mol. The van der Waals surface area contributed by atoms with Gasteiger partial charge < -0.3 is 10.0 Å². The number of anilines is 1. The Morgan fingerprint density at radius 2 is 1.82 bits per heavy atom. The molecule has 1 aliphatic heterocycles. The van der Waals surface area contributed by atoms with Crippen LogP contribution in [0.15, 0.2) is 24.3 Å². The van der Waals surface area contributed by atoms with Crippen LogP contribution in [0.2, 0.25) is 0 Å². The van der Waals surface area contributed by atoms with E-state index in [1.807, 2.05) is 4.90 Å². The van der Waals surface area contributed by atoms with E-state index in [0.717, 1.165) is 25.9 Å². The summed E-state index contributed by atoms with van der Waals surface area (Å²) in [6.07, 6.45) is 1.98. The van der Waals surface area contributed by atoms with E-state index in [2.05, 4.69) is 10.2 Å². The normalized spacial score (nSPS) is 14.3. The van der Waals surface area contributed by atoms with Crippen molar-refractivity contribution in [1.82, 2.24) is 15.0 Å². The summed E-state index contributed by atoms with van der Waals surface area (Å²) < 4.78 is 0. The Morgan fingerprint density at radius 1 is 1.18 bits per heavy atom. The minimum atomic E-state index is -1.14. The molecule has 114 valence electrons. The Hall–Kier alpha value is -2.97. The summed E-state index contributed by atoms with van der Waals surface area (Å²) in [6, 6.07) is 5.62. The van der Waals surface area contributed by atoms with Crippen molar-refractivity contribution in [2.24, 2.45) is 0 Å². The van der Waals surface area contributed by atoms with Gasteiger partial charge in [-0.2, -0.15) is 0 Å². The molecule has 1 fully saturated rings. The summed E-state index contributed by atoms with van der Waals surface area (Å²) in [4.78, 5) is 24.6. The van der Waals surface area contributed by atoms with Crippen LogP contribution in [0.25, 0.3) is 5.69 Å². The van der Waals surface area contributed by atoms with Gasteiger partial charge in [0.1, 0.15) is 0 Å². The Bertz CT molecular complexity index is 719. The first-order chi connectivity index (χ1) is 10.6. The molecule has 1 aromatic carbocycles. The number of non-ortho nitro benzene ring substituents is 1. The molecule has 3 rings (SSSR count). The second kappa shape index (κ2) is 5.43. The zero-order valence-electron chi connectivity index (χ0n) is 11.5. The summed E-state index contributed by atoms with van der Waals surface area (Å²) >= 11 is 0. The first-order valence-corrected chi connectivity index (χ1v) is 6.76. The van der Waals surface area contributed by atoms with E-state index in [1.54, 1.807) is 0 Å². The van der Waals surface area contributed by atoms with Crippen molar-refractivity contribution < 1.29 is 14.8 Å². The maximum atomic E-state index is 11.3. The fourth-order valence-electron chi connectivity index (χ4n) is 2.40. The highest BCUT2D eigenvalue weighted by atomic mass is 16.6. The molecule has 1 N–H and O–H groups in total. The number of hydrogen-bond donors (Lipinski definition) is 1. The fourth-order valence-corrected chi connectivity index (χ4v) is 2.40. The number of nitro groups is 1. The molecule has 9 nitrogen and oxygen atoms in total. The van der Waals surface area contributed by atoms with E-state index in [4.69, 9.17) is 0 Å². The summed E-state index contributed by atoms with van der Waals surface area (Å²) in [5.74, 6) is -0.807. The predicted octanol–water partition coefficient (Wildman–Crippen LogP) is 1.47. The largest absolute Gasteiger partial charge is 0.476 e. The van der Waals surface area contributed by atoms with Crippen molar-refractivity contribution in [3.63, 3.8) is 0 Å². The zero-order chi connectivity index (χ0) is 15.7. The molecule has 0 amide bonds. The van der Waals surface area contributed by atoms with Crippen LogP contribution in [0.5, 0.6) is 0 Å². The molecule has 1 aliphatic rings. The van der Waals surface area contributed by atoms with Gasteiger partial charge in [0.05, 0.1) is 10.6 Å². The second-order valence-electron chi connectivity index (χ2n) is 4.93. The van der Waals surface area contributed by atoms with Crippen molar-refractivity contribution in [3.8, 4) is 5.69 Å². The van der Waals surface area contributed by atoms with Gasteiger partial charge in [-0.05, 0) is 25.0 Å². The molecule has 0 saturated carbocycles. The number of aromatic nitrogens is 3. The molecule has 0 aliphatic carbocycles. The lowest BCUT2D eigenvalue weighted by Crippen LogP contribution is -2.20. The summed E-state index contributed by atoms with van der Waals surface area (Å²) in [5, 5.41) is 28.2. The van der Waals surface area contributed by atoms with Crippen molar-refractivity contribution in [3.05, 3.63) is 40.1 Å². The molecule has 2 heterocycles. The van der Waals surface area contributed by atoms with Crippen LogP contribution < -0.4 is 4.90 Å². The maximum absolute atomic E-state index is 11.3. The SMILES string of the molecule is O=C(O)c1nn(-c2ccc([N+](=O)[O-])cc2)nc1N1CCCC1. The summed E-state index contributed by atoms with van der Waals surface area (Å²) in [5.41, 5.74) is 0.313. The van der Waals surface area contributed by atoms with Gasteiger partial charge in [0.25, 0.3) is 5.69 Å². The Morgan fingerprint density at radius 3 is 2.36 bits per heavy atom. The van der Waals surface area contributed by atoms with E-state index in [-0.39, 0.29) is 11.4 Å². The number of rotatable bonds is 4. The number of carboxylic acid groups (broad SMARTS) is 1. The highest BCUT2D eigenvalue weighted by molar-refractivity contribution is 5.91. The molecular weight excluding hydrogens is 290 g/mol. The van der Waals surface area contributed by atoms with Crippen molar-refractivity contribution in [2.75, 3.05) is 18.0 Å². The lowest BCUT2D eigenvalue weighted by atomic mass is 10.3. The van der Waals surface area contributed by atoms with Crippen molar-refractivity contribution >= 4 is 17.5 Å². The van der Waals surface area contributed by atoms with Gasteiger partial charge in [-0.3, -0.25) is 10.1 Å². The van der Waals surface area contributed by atoms with Crippen LogP contribution >= 0.6 is 0 Å². The third-order valence-corrected chi connectivity index (χ3v) is 3.50. The number of carboxylic acids is 1. The van der Waals surface area contributed by atoms with Gasteiger partial charge in [0, 0.05) is 25.2 Å². The van der Waals surface area contributed by atoms with Gasteiger partial charge in [-0.1, -0.05) is 0 Å². The fraction of sp³-hybridized carbons (Fsp3) is 0.308. The van der Waals surface area contributed by atoms with Crippen LogP contribution in [0.1, 0.15) is 23.3 Å². The summed E-state index contributed by atoms with van der Waals surface area (Å²) in [7, 11) is 0. The molecule has 0 unspecified atom stereocenters. The van der Waals surface area contributed by atoms with Crippen LogP contribution in [-0.2, 0) is 0 Å². The van der Waals surface area contributed by atoms with Crippen LogP contribution in [-0.4, -0.2) is 44.1 Å². The van der Waals surface area contributed by atoms with Gasteiger partial charge >= 0.3 is 5.97 Å². The zero-order valence-corrected chi connectivity index (χ0v) is 11.5. The Balaban J connectivity index is 1.98. The third-order valence-electron chi connectivity index (χ3n) is 3.50. The van der Waals surface area contributed by atoms with E-state index < -0.39 is 10.9 Å². The van der Waals surface area contributed by atoms with Crippen LogP contribution in [0, 0.1) is 10.1 Å². The molecular formula is C13H13N5O4. The number of nitro benzene ring substituents is 1. The minimum Gasteiger partial charge on any atom is -0.476 e. The molecule has 1 saturated heterocycles. The van der Waals surface area contributed by atoms with E-state index in [0.29, 0.717) is 11.5 Å². The van der Waals surface area contributed by atoms with E-state index in [9.17, 15) is 20.0 Å². The van der Waals surface area contributed by atoms with Gasteiger partial charge in [0.15, 0.2) is 5.82 Å². The summed E-state index contributed by atoms with van der Waals surface area (Å²) in [6.45, 7) is 1.50. The van der Waals surface area contributed by atoms with Gasteiger partial charge in [-0.25, -0.2) is 4.79 Å². The molecule has 9 heteroatoms. The smallest absolute Gasteiger partial charge is 0.360 e. The third kappa shape index (κ3) is 2.48. The van der Waals surface area contributed by atoms with E-state index >= 15 is 0 Å². The highest BCUT2D eigenvalue weighted by Crippen LogP contribution is 2.23. The molecule has 2 aromatic rings. The Labute approximate surface area is 124 Å². The van der Waals surface area contributed by atoms with Gasteiger partial charge in [-0.15, -0.1) is 15.0 Å². The molecule has 1 aromatic heterocycles. The standard InChI is InChI=1S/C13H13N5O4/c19-13(20)11-12(16-7-1-2-8-16)15-17(14-11)9-3-5-10(6-4-9)18(21)22/h3-6H,1-2,7-8H2,(H,19,20).